The highest BCUT2D eigenvalue weighted by Crippen LogP contribution is 2.48. The molecule has 0 spiro atoms. The standard InChI is InChI=1S/C42H23N3OS.C42H23N3S2/c1-2-12-26-23-33-31(22-25(26)11-1)37-27-13-4-3-10-24(27)20-21-32(37)45(33)41-39(43-40-28-14-5-7-17-34(28)46-42(40)44-41)30-16-9-19-36-38(30)29-15-6-8-18-35(29)47-36;1-2-12-26-23-33-31(22-25(26)11-1)37-27-13-4-3-10-24(27)20-21-32(37)45(33)41-39(43-40-29-15-6-8-18-35(29)47-42(40)44-41)30-16-9-19-36-38(30)28-14-5-7-17-34(28)46-36/h2*1-23H. The van der Waals surface area contributed by atoms with Gasteiger partial charge in [0.05, 0.1) is 22.1 Å². The molecule has 0 saturated heterocycles. The summed E-state index contributed by atoms with van der Waals surface area (Å²) in [5.74, 6) is 1.61. The summed E-state index contributed by atoms with van der Waals surface area (Å²) < 4.78 is 17.3. The Morgan fingerprint density at radius 1 is 0.266 bits per heavy atom. The maximum Gasteiger partial charge on any atom is 0.248 e. The van der Waals surface area contributed by atoms with E-state index in [0.29, 0.717) is 5.71 Å². The molecular weight excluding hydrogens is 1210 g/mol. The Labute approximate surface area is 546 Å². The van der Waals surface area contributed by atoms with Crippen molar-refractivity contribution in [3.8, 4) is 34.2 Å². The van der Waals surface area contributed by atoms with Crippen molar-refractivity contribution in [3.05, 3.63) is 279 Å². The van der Waals surface area contributed by atoms with Gasteiger partial charge in [-0.25, -0.2) is 15.0 Å². The van der Waals surface area contributed by atoms with Gasteiger partial charge in [0.1, 0.15) is 32.8 Å². The van der Waals surface area contributed by atoms with Crippen LogP contribution in [0.3, 0.4) is 0 Å². The van der Waals surface area contributed by atoms with Gasteiger partial charge in [-0.2, -0.15) is 4.98 Å². The first-order valence-corrected chi connectivity index (χ1v) is 34.0. The van der Waals surface area contributed by atoms with Crippen molar-refractivity contribution in [2.75, 3.05) is 0 Å². The number of thiophene rings is 3. The minimum Gasteiger partial charge on any atom is -0.436 e. The van der Waals surface area contributed by atoms with Crippen molar-refractivity contribution in [1.29, 1.82) is 0 Å². The zero-order valence-corrected chi connectivity index (χ0v) is 52.3. The summed E-state index contributed by atoms with van der Waals surface area (Å²) >= 11 is 5.37. The first-order chi connectivity index (χ1) is 46.6. The quantitative estimate of drug-likeness (QED) is 0.176. The van der Waals surface area contributed by atoms with Crippen LogP contribution in [0.1, 0.15) is 0 Å². The molecule has 0 bridgehead atoms. The molecule has 0 N–H and O–H groups in total. The van der Waals surface area contributed by atoms with Crippen molar-refractivity contribution in [2.24, 2.45) is 0 Å². The molecule has 0 aliphatic rings. The summed E-state index contributed by atoms with van der Waals surface area (Å²) in [4.78, 5) is 23.0. The molecule has 8 heterocycles. The fourth-order valence-electron chi connectivity index (χ4n) is 15.0. The Bertz CT molecular complexity index is 6600. The van der Waals surface area contributed by atoms with Crippen LogP contribution in [0, 0.1) is 0 Å². The number of benzene rings is 14. The van der Waals surface area contributed by atoms with Crippen LogP contribution < -0.4 is 0 Å². The minimum atomic E-state index is 0.531. The summed E-state index contributed by atoms with van der Waals surface area (Å²) in [7, 11) is 0. The molecule has 0 amide bonds. The molecule has 8 aromatic heterocycles. The van der Waals surface area contributed by atoms with Crippen LogP contribution in [0.25, 0.3) is 204 Å². The monoisotopic (exact) mass is 1250 g/mol. The normalized spacial score (nSPS) is 12.3. The van der Waals surface area contributed by atoms with Gasteiger partial charge in [-0.3, -0.25) is 9.13 Å². The molecule has 0 radical (unpaired) electrons. The van der Waals surface area contributed by atoms with Gasteiger partial charge in [0.15, 0.2) is 11.6 Å². The predicted octanol–water partition coefficient (Wildman–Crippen LogP) is 24.1. The van der Waals surface area contributed by atoms with E-state index in [2.05, 4.69) is 270 Å². The maximum atomic E-state index is 6.40. The first kappa shape index (κ1) is 52.0. The summed E-state index contributed by atoms with van der Waals surface area (Å²) in [5, 5.41) is 21.6. The third kappa shape index (κ3) is 7.58. The lowest BCUT2D eigenvalue weighted by molar-refractivity contribution is 0.652. The number of hydrogen-bond donors (Lipinski definition) is 0. The molecule has 0 aliphatic heterocycles. The molecule has 0 unspecified atom stereocenters. The van der Waals surface area contributed by atoms with E-state index >= 15 is 0 Å². The Morgan fingerprint density at radius 2 is 0.681 bits per heavy atom. The lowest BCUT2D eigenvalue weighted by atomic mass is 10.0. The lowest BCUT2D eigenvalue weighted by Gasteiger charge is -2.14. The van der Waals surface area contributed by atoms with Crippen molar-refractivity contribution < 1.29 is 4.42 Å². The highest BCUT2D eigenvalue weighted by Gasteiger charge is 2.27. The second-order valence-electron chi connectivity index (χ2n) is 24.3. The Hall–Kier alpha value is -11.7. The van der Waals surface area contributed by atoms with E-state index in [-0.39, 0.29) is 0 Å². The largest absolute Gasteiger partial charge is 0.436 e. The van der Waals surface area contributed by atoms with Gasteiger partial charge >= 0.3 is 0 Å². The van der Waals surface area contributed by atoms with Gasteiger partial charge in [-0.05, 0) is 122 Å². The second kappa shape index (κ2) is 19.9. The van der Waals surface area contributed by atoms with Crippen LogP contribution >= 0.6 is 34.0 Å². The fourth-order valence-corrected chi connectivity index (χ4v) is 18.3. The molecule has 0 atom stereocenters. The van der Waals surface area contributed by atoms with E-state index < -0.39 is 0 Å². The molecule has 436 valence electrons. The molecular formula is C84H46N6OS3. The number of rotatable bonds is 4. The zero-order chi connectivity index (χ0) is 61.3. The number of furan rings is 1. The SMILES string of the molecule is c1ccc2cc3c(cc2c1)c1c2ccccc2ccc1n3-c1nc2oc3ccccc3c2nc1-c1cccc2sc3ccccc3c12.c1ccc2cc3c(cc2c1)c1c2ccccc2ccc1n3-c1nc2sc3ccccc3c2nc1-c1cccc2sc3ccccc3c12. The Morgan fingerprint density at radius 3 is 1.22 bits per heavy atom. The van der Waals surface area contributed by atoms with E-state index in [1.807, 2.05) is 40.9 Å². The zero-order valence-electron chi connectivity index (χ0n) is 49.9. The van der Waals surface area contributed by atoms with E-state index in [1.54, 1.807) is 11.3 Å². The van der Waals surface area contributed by atoms with Crippen LogP contribution in [-0.4, -0.2) is 29.1 Å². The number of aromatic nitrogens is 6. The third-order valence-corrected chi connectivity index (χ3v) is 22.5. The van der Waals surface area contributed by atoms with Crippen LogP contribution in [0.2, 0.25) is 0 Å². The average Bonchev–Trinajstić information content (AvgIpc) is 1.58. The fraction of sp³-hybridized carbons (Fsp3) is 0. The molecule has 0 saturated carbocycles. The Kier molecular flexibility index (Phi) is 11.0. The van der Waals surface area contributed by atoms with Gasteiger partial charge in [0.25, 0.3) is 0 Å². The lowest BCUT2D eigenvalue weighted by Crippen LogP contribution is -2.03. The third-order valence-electron chi connectivity index (χ3n) is 19.2. The first-order valence-electron chi connectivity index (χ1n) is 31.5. The van der Waals surface area contributed by atoms with Crippen molar-refractivity contribution in [2.45, 2.75) is 0 Å². The molecule has 22 rings (SSSR count). The van der Waals surface area contributed by atoms with Crippen LogP contribution in [-0.2, 0) is 0 Å². The van der Waals surface area contributed by atoms with Crippen LogP contribution in [0.15, 0.2) is 283 Å². The van der Waals surface area contributed by atoms with E-state index in [1.165, 1.54) is 110 Å². The highest BCUT2D eigenvalue weighted by molar-refractivity contribution is 7.26. The summed E-state index contributed by atoms with van der Waals surface area (Å²) in [6.45, 7) is 0. The van der Waals surface area contributed by atoms with Crippen LogP contribution in [0.5, 0.6) is 0 Å². The molecule has 0 fully saturated rings. The van der Waals surface area contributed by atoms with Crippen molar-refractivity contribution >= 4 is 204 Å². The predicted molar refractivity (Wildman–Crippen MR) is 400 cm³/mol. The number of para-hydroxylation sites is 1. The summed E-state index contributed by atoms with van der Waals surface area (Å²) in [6.07, 6.45) is 0. The van der Waals surface area contributed by atoms with Gasteiger partial charge < -0.3 is 4.42 Å². The molecule has 94 heavy (non-hydrogen) atoms. The van der Waals surface area contributed by atoms with Gasteiger partial charge in [-0.15, -0.1) is 34.0 Å². The van der Waals surface area contributed by atoms with E-state index in [0.717, 1.165) is 88.4 Å². The number of nitrogens with zero attached hydrogens (tertiary/aromatic N) is 6. The van der Waals surface area contributed by atoms with Gasteiger partial charge in [-0.1, -0.05) is 200 Å². The number of fused-ring (bicyclic) bond motifs is 24. The molecule has 14 aromatic carbocycles. The number of hydrogen-bond acceptors (Lipinski definition) is 8. The van der Waals surface area contributed by atoms with Crippen molar-refractivity contribution in [3.63, 3.8) is 0 Å². The average molecular weight is 1250 g/mol. The van der Waals surface area contributed by atoms with Crippen LogP contribution in [0.4, 0.5) is 0 Å². The van der Waals surface area contributed by atoms with E-state index in [9.17, 15) is 0 Å². The Balaban J connectivity index is 0.000000126. The molecule has 10 heteroatoms. The molecule has 7 nitrogen and oxygen atoms in total. The summed E-state index contributed by atoms with van der Waals surface area (Å²) in [5.41, 5.74) is 11.4. The highest BCUT2D eigenvalue weighted by atomic mass is 32.1. The smallest absolute Gasteiger partial charge is 0.248 e. The van der Waals surface area contributed by atoms with Crippen molar-refractivity contribution in [1.82, 2.24) is 29.1 Å². The summed E-state index contributed by atoms with van der Waals surface area (Å²) in [6, 6.07) is 100. The van der Waals surface area contributed by atoms with E-state index in [4.69, 9.17) is 24.4 Å². The molecule has 0 aliphatic carbocycles. The second-order valence-corrected chi connectivity index (χ2v) is 27.5. The minimum absolute atomic E-state index is 0.531. The van der Waals surface area contributed by atoms with Gasteiger partial charge in [0.2, 0.25) is 5.71 Å². The maximum absolute atomic E-state index is 6.40. The van der Waals surface area contributed by atoms with Gasteiger partial charge in [0, 0.05) is 88.5 Å². The molecule has 22 aromatic rings. The topological polar surface area (TPSA) is 74.6 Å².